The van der Waals surface area contributed by atoms with Gasteiger partial charge in [-0.05, 0) is 320 Å². The predicted molar refractivity (Wildman–Crippen MR) is 611 cm³/mol. The number of fused-ring (bicyclic) bond motifs is 21. The van der Waals surface area contributed by atoms with Crippen LogP contribution in [0.5, 0.6) is 0 Å². The van der Waals surface area contributed by atoms with Crippen LogP contribution in [0.4, 0.5) is 72.6 Å². The van der Waals surface area contributed by atoms with E-state index in [1.807, 2.05) is 18.2 Å². The maximum Gasteiger partial charge on any atom is 0.123 e. The highest BCUT2D eigenvalue weighted by molar-refractivity contribution is 6.14. The molecule has 0 saturated heterocycles. The molecule has 0 radical (unpaired) electrons. The fourth-order valence-electron chi connectivity index (χ4n) is 24.5. The maximum atomic E-state index is 14.1. The van der Waals surface area contributed by atoms with Crippen LogP contribution in [0.1, 0.15) is 99.9 Å². The summed E-state index contributed by atoms with van der Waals surface area (Å²) in [6.45, 7) is 18.7. The van der Waals surface area contributed by atoms with Crippen LogP contribution in [0.2, 0.25) is 0 Å². The topological polar surface area (TPSA) is 27.8 Å². The Kier molecular flexibility index (Phi) is 21.1. The highest BCUT2D eigenvalue weighted by Gasteiger charge is 2.41. The minimum atomic E-state index is -0.245. The van der Waals surface area contributed by atoms with E-state index in [1.54, 1.807) is 0 Å². The molecule has 21 aromatic carbocycles. The predicted octanol–water partition coefficient (Wildman–Crippen LogP) is 37.6. The Morgan fingerprint density at radius 3 is 0.692 bits per heavy atom. The standard InChI is InChI=1S/C51H39N3.C48H38N2.C39H29FN2/c1-51(2)47-24-14-12-22-43(47)45-34-41(30-32-48(45)51)53(40-28-26-39(27-29-40)52(36-16-6-3-7-17-36)37-18-8-4-9-19-37)42-31-33-50-46(35-42)44-23-13-15-25-49(44)54(50)38-20-10-5-11-21-38;1-47(2)42-20-12-9-17-36(42)39-28-32(23-26-43(39)47)49(34-22-25-37-35-16-8-11-19-41(35)48(3,4)44(37)30-34)33-24-27-46-40(29-33)38-18-10-13-21-45(38)50(46)31-14-6-5-7-15-31;1-39(2)35-14-8-6-12-31(35)32-22-20-30(25-36(32)39)41(28-18-16-26(40)17-19-28)29-21-23-38-34(24-29)33-13-7-9-15-37(33)42(38)27-10-4-3-5-11-27/h3-35H,1-2H3;5-30H,1-4H3;3-25H,1-2H3. The van der Waals surface area contributed by atoms with Gasteiger partial charge in [0, 0.05) is 139 Å². The minimum Gasteiger partial charge on any atom is -0.311 e. The third kappa shape index (κ3) is 14.4. The van der Waals surface area contributed by atoms with Gasteiger partial charge in [0.25, 0.3) is 0 Å². The molecular weight excluding hydrogens is 1770 g/mol. The SMILES string of the molecule is CC1(C)c2ccccc2-c2cc(N(c3ccc(N(c4ccccc4)c4ccccc4)cc3)c3ccc4c(c3)c3ccccc3n4-c3ccccc3)ccc21.CC1(C)c2ccccc2-c2cc(N(c3ccc4c(c3)C(C)(C)c3ccccc3-4)c3ccc4c(c3)c3ccccc3n4-c3ccccc3)ccc21.CC1(C)c2ccccc2-c2ccc(N(c3ccc(F)cc3)c3ccc4c(c3)c3ccccc3n4-c3ccccc3)cc21. The van der Waals surface area contributed by atoms with E-state index in [1.165, 1.54) is 172 Å². The molecule has 28 rings (SSSR count). The smallest absolute Gasteiger partial charge is 0.123 e. The van der Waals surface area contributed by atoms with Crippen molar-refractivity contribution in [3.8, 4) is 61.6 Å². The van der Waals surface area contributed by atoms with Crippen LogP contribution in [0.25, 0.3) is 127 Å². The molecule has 7 nitrogen and oxygen atoms in total. The second kappa shape index (κ2) is 34.8. The van der Waals surface area contributed by atoms with Crippen molar-refractivity contribution in [2.75, 3.05) is 19.6 Å². The molecular formula is C138H106FN7. The maximum absolute atomic E-state index is 14.1. The molecule has 4 aliphatic rings. The van der Waals surface area contributed by atoms with Gasteiger partial charge in [-0.3, -0.25) is 0 Å². The Morgan fingerprint density at radius 1 is 0.151 bits per heavy atom. The molecule has 0 spiro atoms. The molecule has 0 fully saturated rings. The van der Waals surface area contributed by atoms with E-state index in [0.29, 0.717) is 0 Å². The summed E-state index contributed by atoms with van der Waals surface area (Å²) in [5.41, 5.74) is 44.9. The molecule has 0 amide bonds. The molecule has 4 aliphatic carbocycles. The largest absolute Gasteiger partial charge is 0.311 e. The van der Waals surface area contributed by atoms with Gasteiger partial charge in [-0.1, -0.05) is 322 Å². The summed E-state index contributed by atoms with van der Waals surface area (Å²) in [5.74, 6) is -0.245. The lowest BCUT2D eigenvalue weighted by molar-refractivity contribution is 0.628. The van der Waals surface area contributed by atoms with Crippen LogP contribution in [0.15, 0.2) is 497 Å². The Bertz CT molecular complexity index is 9210. The first-order valence-electron chi connectivity index (χ1n) is 50.8. The van der Waals surface area contributed by atoms with E-state index in [9.17, 15) is 4.39 Å². The average Bonchev–Trinajstić information content (AvgIpc) is 1.56. The average molecular weight is 1880 g/mol. The zero-order valence-corrected chi connectivity index (χ0v) is 82.9. The van der Waals surface area contributed by atoms with Crippen LogP contribution in [-0.4, -0.2) is 13.7 Å². The molecule has 8 heteroatoms. The van der Waals surface area contributed by atoms with E-state index in [4.69, 9.17) is 0 Å². The molecule has 0 unspecified atom stereocenters. The fraction of sp³-hybridized carbons (Fsp3) is 0.0870. The molecule has 146 heavy (non-hydrogen) atoms. The summed E-state index contributed by atoms with van der Waals surface area (Å²) in [5, 5.41) is 7.33. The van der Waals surface area contributed by atoms with Crippen LogP contribution in [0.3, 0.4) is 0 Å². The third-order valence-electron chi connectivity index (χ3n) is 31.6. The van der Waals surface area contributed by atoms with Crippen molar-refractivity contribution >= 4 is 134 Å². The lowest BCUT2D eigenvalue weighted by atomic mass is 9.82. The Morgan fingerprint density at radius 2 is 0.356 bits per heavy atom. The Balaban J connectivity index is 0.000000112. The van der Waals surface area contributed by atoms with Crippen molar-refractivity contribution in [1.82, 2.24) is 13.7 Å². The molecule has 700 valence electrons. The molecule has 3 aromatic heterocycles. The number of hydrogen-bond acceptors (Lipinski definition) is 4. The summed E-state index contributed by atoms with van der Waals surface area (Å²) in [6, 6.07) is 179. The first-order chi connectivity index (χ1) is 71.4. The van der Waals surface area contributed by atoms with Gasteiger partial charge in [0.2, 0.25) is 0 Å². The van der Waals surface area contributed by atoms with Crippen LogP contribution in [0, 0.1) is 5.82 Å². The number of rotatable bonds is 15. The van der Waals surface area contributed by atoms with E-state index in [2.05, 4.69) is 556 Å². The van der Waals surface area contributed by atoms with Crippen molar-refractivity contribution < 1.29 is 4.39 Å². The lowest BCUT2D eigenvalue weighted by Gasteiger charge is -2.29. The highest BCUT2D eigenvalue weighted by Crippen LogP contribution is 2.58. The number of halogens is 1. The van der Waals surface area contributed by atoms with Gasteiger partial charge in [0.05, 0.1) is 33.1 Å². The van der Waals surface area contributed by atoms with Gasteiger partial charge >= 0.3 is 0 Å². The lowest BCUT2D eigenvalue weighted by Crippen LogP contribution is -2.17. The van der Waals surface area contributed by atoms with Crippen LogP contribution >= 0.6 is 0 Å². The second-order valence-electron chi connectivity index (χ2n) is 41.3. The molecule has 0 atom stereocenters. The van der Waals surface area contributed by atoms with Crippen LogP contribution < -0.4 is 19.6 Å². The second-order valence-corrected chi connectivity index (χ2v) is 41.3. The molecule has 24 aromatic rings. The monoisotopic (exact) mass is 1880 g/mol. The van der Waals surface area contributed by atoms with Crippen molar-refractivity contribution in [2.45, 2.75) is 77.0 Å². The summed E-state index contributed by atoms with van der Waals surface area (Å²) in [4.78, 5) is 9.45. The van der Waals surface area contributed by atoms with E-state index < -0.39 is 0 Å². The number of nitrogens with zero attached hydrogens (tertiary/aromatic N) is 7. The van der Waals surface area contributed by atoms with E-state index >= 15 is 0 Å². The first kappa shape index (κ1) is 88.3. The van der Waals surface area contributed by atoms with Gasteiger partial charge in [-0.25, -0.2) is 4.39 Å². The number of para-hydroxylation sites is 8. The van der Waals surface area contributed by atoms with Gasteiger partial charge < -0.3 is 33.3 Å². The highest BCUT2D eigenvalue weighted by atomic mass is 19.1. The zero-order valence-electron chi connectivity index (χ0n) is 82.9. The van der Waals surface area contributed by atoms with Crippen molar-refractivity contribution in [3.63, 3.8) is 0 Å². The van der Waals surface area contributed by atoms with Gasteiger partial charge in [-0.2, -0.15) is 0 Å². The van der Waals surface area contributed by atoms with Crippen molar-refractivity contribution in [2.24, 2.45) is 0 Å². The van der Waals surface area contributed by atoms with E-state index in [-0.39, 0.29) is 27.5 Å². The summed E-state index contributed by atoms with van der Waals surface area (Å²) >= 11 is 0. The number of aromatic nitrogens is 3. The normalized spacial score (nSPS) is 13.6. The number of hydrogen-bond donors (Lipinski definition) is 0. The van der Waals surface area contributed by atoms with Crippen molar-refractivity contribution in [3.05, 3.63) is 548 Å². The third-order valence-corrected chi connectivity index (χ3v) is 31.6. The Labute approximate surface area is 851 Å². The Hall–Kier alpha value is -17.9. The van der Waals surface area contributed by atoms with Crippen LogP contribution in [-0.2, 0) is 21.7 Å². The van der Waals surface area contributed by atoms with Gasteiger partial charge in [0.15, 0.2) is 0 Å². The number of anilines is 12. The van der Waals surface area contributed by atoms with E-state index in [0.717, 1.165) is 79.5 Å². The first-order valence-corrected chi connectivity index (χ1v) is 50.8. The molecule has 0 bridgehead atoms. The zero-order chi connectivity index (χ0) is 98.4. The summed E-state index contributed by atoms with van der Waals surface area (Å²) in [7, 11) is 0. The molecule has 3 heterocycles. The van der Waals surface area contributed by atoms with Gasteiger partial charge in [-0.15, -0.1) is 0 Å². The summed E-state index contributed by atoms with van der Waals surface area (Å²) < 4.78 is 21.2. The minimum absolute atomic E-state index is 0.0448. The summed E-state index contributed by atoms with van der Waals surface area (Å²) in [6.07, 6.45) is 0. The molecule has 0 aliphatic heterocycles. The van der Waals surface area contributed by atoms with Gasteiger partial charge in [0.1, 0.15) is 5.82 Å². The van der Waals surface area contributed by atoms with Crippen molar-refractivity contribution in [1.29, 1.82) is 0 Å². The quantitative estimate of drug-likeness (QED) is 0.102. The molecule has 0 saturated carbocycles. The molecule has 0 N–H and O–H groups in total. The fourth-order valence-corrected chi connectivity index (χ4v) is 24.5. The number of benzene rings is 21.